The van der Waals surface area contributed by atoms with E-state index in [1.165, 1.54) is 0 Å². The molecule has 0 aliphatic carbocycles. The molecule has 1 rings (SSSR count). The molecule has 0 bridgehead atoms. The molecule has 6 nitrogen and oxygen atoms in total. The summed E-state index contributed by atoms with van der Waals surface area (Å²) in [5, 5.41) is 3.07. The number of aromatic nitrogens is 1. The van der Waals surface area contributed by atoms with Gasteiger partial charge in [0.15, 0.2) is 0 Å². The Morgan fingerprint density at radius 3 is 2.70 bits per heavy atom. The lowest BCUT2D eigenvalue weighted by molar-refractivity contribution is 0.0924. The van der Waals surface area contributed by atoms with Gasteiger partial charge in [-0.2, -0.15) is 0 Å². The average Bonchev–Trinajstić information content (AvgIpc) is 2.37. The van der Waals surface area contributed by atoms with Crippen molar-refractivity contribution in [2.45, 2.75) is 26.3 Å². The predicted molar refractivity (Wildman–Crippen MR) is 81.3 cm³/mol. The second kappa shape index (κ2) is 7.81. The van der Waals surface area contributed by atoms with Crippen LogP contribution in [0.5, 0.6) is 0 Å². The smallest absolute Gasteiger partial charge is 0.251 e. The van der Waals surface area contributed by atoms with E-state index in [9.17, 15) is 4.79 Å². The molecule has 112 valence electrons. The first-order valence-corrected chi connectivity index (χ1v) is 6.80. The molecule has 0 aliphatic rings. The SMILES string of the molecule is CC(C)CC(CN(C)C)NC(=O)c1ccnc(NN)c1. The molecular formula is C14H25N5O. The maximum absolute atomic E-state index is 12.3. The molecule has 1 aromatic heterocycles. The summed E-state index contributed by atoms with van der Waals surface area (Å²) >= 11 is 0. The lowest BCUT2D eigenvalue weighted by Crippen LogP contribution is -2.42. The molecule has 20 heavy (non-hydrogen) atoms. The lowest BCUT2D eigenvalue weighted by atomic mass is 10.0. The lowest BCUT2D eigenvalue weighted by Gasteiger charge is -2.24. The number of anilines is 1. The van der Waals surface area contributed by atoms with Gasteiger partial charge in [0.25, 0.3) is 5.91 Å². The first-order chi connectivity index (χ1) is 9.42. The van der Waals surface area contributed by atoms with Crippen LogP contribution < -0.4 is 16.6 Å². The molecule has 0 aromatic carbocycles. The highest BCUT2D eigenvalue weighted by Gasteiger charge is 2.16. The average molecular weight is 279 g/mol. The van der Waals surface area contributed by atoms with E-state index in [0.717, 1.165) is 13.0 Å². The van der Waals surface area contributed by atoms with Gasteiger partial charge in [-0.1, -0.05) is 13.8 Å². The fourth-order valence-corrected chi connectivity index (χ4v) is 2.11. The summed E-state index contributed by atoms with van der Waals surface area (Å²) in [6, 6.07) is 3.44. The minimum absolute atomic E-state index is 0.101. The Morgan fingerprint density at radius 1 is 1.45 bits per heavy atom. The number of nitrogen functional groups attached to an aromatic ring is 1. The van der Waals surface area contributed by atoms with Crippen LogP contribution >= 0.6 is 0 Å². The highest BCUT2D eigenvalue weighted by atomic mass is 16.1. The quantitative estimate of drug-likeness (QED) is 0.514. The molecule has 1 heterocycles. The molecule has 0 fully saturated rings. The van der Waals surface area contributed by atoms with E-state index in [4.69, 9.17) is 5.84 Å². The van der Waals surface area contributed by atoms with Crippen molar-refractivity contribution in [3.8, 4) is 0 Å². The van der Waals surface area contributed by atoms with E-state index < -0.39 is 0 Å². The summed E-state index contributed by atoms with van der Waals surface area (Å²) in [7, 11) is 4.00. The Labute approximate surface area is 120 Å². The maximum Gasteiger partial charge on any atom is 0.251 e. The Kier molecular flexibility index (Phi) is 6.41. The number of pyridine rings is 1. The topological polar surface area (TPSA) is 83.3 Å². The third-order valence-electron chi connectivity index (χ3n) is 2.85. The molecule has 1 aromatic rings. The van der Waals surface area contributed by atoms with E-state index in [0.29, 0.717) is 17.3 Å². The zero-order chi connectivity index (χ0) is 15.1. The fraction of sp³-hybridized carbons (Fsp3) is 0.571. The van der Waals surface area contributed by atoms with Crippen LogP contribution in [-0.2, 0) is 0 Å². The highest BCUT2D eigenvalue weighted by molar-refractivity contribution is 5.94. The van der Waals surface area contributed by atoms with Crippen LogP contribution in [-0.4, -0.2) is 42.5 Å². The summed E-state index contributed by atoms with van der Waals surface area (Å²) in [6.07, 6.45) is 2.50. The molecule has 0 saturated carbocycles. The predicted octanol–water partition coefficient (Wildman–Crippen LogP) is 1.07. The van der Waals surface area contributed by atoms with Gasteiger partial charge in [0.1, 0.15) is 5.82 Å². The molecule has 0 radical (unpaired) electrons. The molecule has 6 heteroatoms. The highest BCUT2D eigenvalue weighted by Crippen LogP contribution is 2.09. The molecule has 4 N–H and O–H groups in total. The standard InChI is InChI=1S/C14H25N5O/c1-10(2)7-12(9-19(3)4)17-14(20)11-5-6-16-13(8-11)18-15/h5-6,8,10,12H,7,9,15H2,1-4H3,(H,16,18)(H,17,20). The van der Waals surface area contributed by atoms with Crippen molar-refractivity contribution in [2.75, 3.05) is 26.1 Å². The van der Waals surface area contributed by atoms with E-state index in [2.05, 4.69) is 34.5 Å². The number of nitrogens with zero attached hydrogens (tertiary/aromatic N) is 2. The van der Waals surface area contributed by atoms with Crippen molar-refractivity contribution in [3.05, 3.63) is 23.9 Å². The molecule has 1 atom stereocenters. The number of hydrogen-bond acceptors (Lipinski definition) is 5. The van der Waals surface area contributed by atoms with Crippen LogP contribution in [0.3, 0.4) is 0 Å². The number of carbonyl (C=O) groups is 1. The van der Waals surface area contributed by atoms with Gasteiger partial charge in [-0.05, 0) is 38.6 Å². The molecule has 1 unspecified atom stereocenters. The van der Waals surface area contributed by atoms with Gasteiger partial charge < -0.3 is 15.6 Å². The van der Waals surface area contributed by atoms with Crippen molar-refractivity contribution >= 4 is 11.7 Å². The summed E-state index contributed by atoms with van der Waals surface area (Å²) < 4.78 is 0. The monoisotopic (exact) mass is 279 g/mol. The Hall–Kier alpha value is -1.66. The Morgan fingerprint density at radius 2 is 2.15 bits per heavy atom. The normalized spacial score (nSPS) is 12.6. The van der Waals surface area contributed by atoms with Crippen LogP contribution in [0.2, 0.25) is 0 Å². The van der Waals surface area contributed by atoms with Crippen molar-refractivity contribution in [2.24, 2.45) is 11.8 Å². The Bertz CT molecular complexity index is 423. The number of rotatable bonds is 7. The maximum atomic E-state index is 12.3. The van der Waals surface area contributed by atoms with E-state index in [1.807, 2.05) is 14.1 Å². The Balaban J connectivity index is 2.73. The molecule has 0 spiro atoms. The number of carbonyl (C=O) groups excluding carboxylic acids is 1. The largest absolute Gasteiger partial charge is 0.348 e. The van der Waals surface area contributed by atoms with Crippen LogP contribution in [0.15, 0.2) is 18.3 Å². The van der Waals surface area contributed by atoms with E-state index in [-0.39, 0.29) is 11.9 Å². The minimum Gasteiger partial charge on any atom is -0.348 e. The van der Waals surface area contributed by atoms with Crippen LogP contribution in [0.4, 0.5) is 5.82 Å². The third kappa shape index (κ3) is 5.54. The summed E-state index contributed by atoms with van der Waals surface area (Å²) in [4.78, 5) is 18.3. The third-order valence-corrected chi connectivity index (χ3v) is 2.85. The molecular weight excluding hydrogens is 254 g/mol. The number of likely N-dealkylation sites (N-methyl/N-ethyl adjacent to an activating group) is 1. The number of hydrazine groups is 1. The van der Waals surface area contributed by atoms with Gasteiger partial charge in [-0.3, -0.25) is 4.79 Å². The van der Waals surface area contributed by atoms with Crippen LogP contribution in [0.1, 0.15) is 30.6 Å². The van der Waals surface area contributed by atoms with Gasteiger partial charge in [-0.15, -0.1) is 0 Å². The molecule has 0 aliphatic heterocycles. The summed E-state index contributed by atoms with van der Waals surface area (Å²) in [5.74, 6) is 6.20. The minimum atomic E-state index is -0.101. The first-order valence-electron chi connectivity index (χ1n) is 6.80. The van der Waals surface area contributed by atoms with Gasteiger partial charge in [0.2, 0.25) is 0 Å². The van der Waals surface area contributed by atoms with Gasteiger partial charge in [0, 0.05) is 24.3 Å². The fourth-order valence-electron chi connectivity index (χ4n) is 2.11. The number of amides is 1. The van der Waals surface area contributed by atoms with E-state index in [1.54, 1.807) is 18.3 Å². The molecule has 0 saturated heterocycles. The second-order valence-electron chi connectivity index (χ2n) is 5.64. The van der Waals surface area contributed by atoms with Crippen molar-refractivity contribution < 1.29 is 4.79 Å². The van der Waals surface area contributed by atoms with Crippen molar-refractivity contribution in [1.29, 1.82) is 0 Å². The van der Waals surface area contributed by atoms with Gasteiger partial charge in [-0.25, -0.2) is 10.8 Å². The second-order valence-corrected chi connectivity index (χ2v) is 5.64. The van der Waals surface area contributed by atoms with Crippen LogP contribution in [0, 0.1) is 5.92 Å². The number of nitrogens with one attached hydrogen (secondary N) is 2. The van der Waals surface area contributed by atoms with Gasteiger partial charge in [0.05, 0.1) is 0 Å². The van der Waals surface area contributed by atoms with Crippen molar-refractivity contribution in [1.82, 2.24) is 15.2 Å². The first kappa shape index (κ1) is 16.4. The number of hydrogen-bond donors (Lipinski definition) is 3. The summed E-state index contributed by atoms with van der Waals surface area (Å²) in [6.45, 7) is 5.12. The zero-order valence-corrected chi connectivity index (χ0v) is 12.7. The van der Waals surface area contributed by atoms with Gasteiger partial charge >= 0.3 is 0 Å². The molecule has 1 amide bonds. The zero-order valence-electron chi connectivity index (χ0n) is 12.7. The van der Waals surface area contributed by atoms with E-state index >= 15 is 0 Å². The van der Waals surface area contributed by atoms with Crippen molar-refractivity contribution in [3.63, 3.8) is 0 Å². The van der Waals surface area contributed by atoms with Crippen LogP contribution in [0.25, 0.3) is 0 Å². The summed E-state index contributed by atoms with van der Waals surface area (Å²) in [5.41, 5.74) is 3.00. The number of nitrogens with two attached hydrogens (primary N) is 1.